The van der Waals surface area contributed by atoms with Crippen LogP contribution in [0.5, 0.6) is 0 Å². The Kier molecular flexibility index (Phi) is 4.38. The highest BCUT2D eigenvalue weighted by molar-refractivity contribution is 5.92. The predicted molar refractivity (Wildman–Crippen MR) is 102 cm³/mol. The zero-order valence-corrected chi connectivity index (χ0v) is 14.7. The van der Waals surface area contributed by atoms with E-state index >= 15 is 0 Å². The lowest BCUT2D eigenvalue weighted by Gasteiger charge is -2.08. The second-order valence-corrected chi connectivity index (χ2v) is 6.36. The number of benzene rings is 2. The first-order valence-corrected chi connectivity index (χ1v) is 8.53. The monoisotopic (exact) mass is 360 g/mol. The Hall–Kier alpha value is -3.54. The van der Waals surface area contributed by atoms with Crippen LogP contribution in [0.4, 0.5) is 10.1 Å². The van der Waals surface area contributed by atoms with Gasteiger partial charge in [-0.15, -0.1) is 0 Å². The molecule has 0 unspecified atom stereocenters. The van der Waals surface area contributed by atoms with Crippen molar-refractivity contribution in [3.05, 3.63) is 84.1 Å². The maximum absolute atomic E-state index is 13.6. The Morgan fingerprint density at radius 1 is 1.07 bits per heavy atom. The molecule has 6 heteroatoms. The van der Waals surface area contributed by atoms with Gasteiger partial charge < -0.3 is 5.32 Å². The molecule has 1 amide bonds. The van der Waals surface area contributed by atoms with Crippen molar-refractivity contribution in [3.63, 3.8) is 0 Å². The number of aromatic nitrogens is 3. The lowest BCUT2D eigenvalue weighted by molar-refractivity contribution is -0.115. The van der Waals surface area contributed by atoms with Gasteiger partial charge in [0, 0.05) is 11.9 Å². The Labute approximate surface area is 155 Å². The molecule has 0 aliphatic heterocycles. The van der Waals surface area contributed by atoms with E-state index in [1.54, 1.807) is 23.6 Å². The quantitative estimate of drug-likeness (QED) is 0.598. The molecule has 27 heavy (non-hydrogen) atoms. The molecule has 0 aliphatic carbocycles. The Balaban J connectivity index is 1.45. The smallest absolute Gasteiger partial charge is 0.228 e. The van der Waals surface area contributed by atoms with E-state index in [2.05, 4.69) is 15.4 Å². The van der Waals surface area contributed by atoms with Crippen molar-refractivity contribution in [1.29, 1.82) is 0 Å². The van der Waals surface area contributed by atoms with Crippen LogP contribution in [0.25, 0.3) is 16.8 Å². The average Bonchev–Trinajstić information content (AvgIpc) is 3.13. The number of carbonyl (C=O) groups is 1. The van der Waals surface area contributed by atoms with Crippen molar-refractivity contribution in [2.75, 3.05) is 5.32 Å². The van der Waals surface area contributed by atoms with Gasteiger partial charge in [-0.05, 0) is 53.4 Å². The second-order valence-electron chi connectivity index (χ2n) is 6.36. The number of anilines is 1. The number of amides is 1. The molecule has 0 radical (unpaired) electrons. The maximum Gasteiger partial charge on any atom is 0.228 e. The largest absolute Gasteiger partial charge is 0.326 e. The summed E-state index contributed by atoms with van der Waals surface area (Å²) < 4.78 is 15.3. The van der Waals surface area contributed by atoms with Crippen LogP contribution in [0, 0.1) is 12.7 Å². The summed E-state index contributed by atoms with van der Waals surface area (Å²) in [6.45, 7) is 1.68. The number of hydrogen-bond acceptors (Lipinski definition) is 3. The Morgan fingerprint density at radius 3 is 2.67 bits per heavy atom. The minimum Gasteiger partial charge on any atom is -0.326 e. The normalized spacial score (nSPS) is 10.9. The van der Waals surface area contributed by atoms with Crippen molar-refractivity contribution in [3.8, 4) is 11.1 Å². The van der Waals surface area contributed by atoms with Gasteiger partial charge in [0.15, 0.2) is 5.65 Å². The molecular weight excluding hydrogens is 343 g/mol. The molecule has 4 rings (SSSR count). The van der Waals surface area contributed by atoms with E-state index in [-0.39, 0.29) is 18.1 Å². The van der Waals surface area contributed by atoms with Gasteiger partial charge >= 0.3 is 0 Å². The summed E-state index contributed by atoms with van der Waals surface area (Å²) in [4.78, 5) is 16.4. The van der Waals surface area contributed by atoms with Gasteiger partial charge in [0.1, 0.15) is 12.1 Å². The molecule has 0 bridgehead atoms. The van der Waals surface area contributed by atoms with Crippen LogP contribution in [0.15, 0.2) is 67.1 Å². The lowest BCUT2D eigenvalue weighted by Crippen LogP contribution is -2.14. The molecule has 4 aromatic rings. The van der Waals surface area contributed by atoms with E-state index in [4.69, 9.17) is 0 Å². The van der Waals surface area contributed by atoms with Gasteiger partial charge in [0.2, 0.25) is 5.91 Å². The van der Waals surface area contributed by atoms with Crippen molar-refractivity contribution in [2.45, 2.75) is 13.3 Å². The van der Waals surface area contributed by atoms with Crippen LogP contribution >= 0.6 is 0 Å². The summed E-state index contributed by atoms with van der Waals surface area (Å²) in [5.41, 5.74) is 4.73. The van der Waals surface area contributed by atoms with E-state index in [1.165, 1.54) is 12.4 Å². The number of carbonyl (C=O) groups excluding carboxylic acids is 1. The van der Waals surface area contributed by atoms with Crippen LogP contribution in [-0.2, 0) is 11.2 Å². The molecule has 0 saturated carbocycles. The van der Waals surface area contributed by atoms with Crippen LogP contribution in [0.3, 0.4) is 0 Å². The van der Waals surface area contributed by atoms with E-state index in [0.29, 0.717) is 11.3 Å². The summed E-state index contributed by atoms with van der Waals surface area (Å²) in [5.74, 6) is -0.516. The molecule has 5 nitrogen and oxygen atoms in total. The van der Waals surface area contributed by atoms with Gasteiger partial charge in [0.25, 0.3) is 0 Å². The Morgan fingerprint density at radius 2 is 1.89 bits per heavy atom. The molecule has 0 spiro atoms. The van der Waals surface area contributed by atoms with Gasteiger partial charge in [-0.1, -0.05) is 30.3 Å². The van der Waals surface area contributed by atoms with E-state index in [0.717, 1.165) is 22.3 Å². The number of aryl methyl sites for hydroxylation is 1. The summed E-state index contributed by atoms with van der Waals surface area (Å²) in [5, 5.41) is 6.81. The van der Waals surface area contributed by atoms with Crippen molar-refractivity contribution >= 4 is 17.2 Å². The van der Waals surface area contributed by atoms with Crippen LogP contribution in [0.1, 0.15) is 11.1 Å². The second kappa shape index (κ2) is 6.99. The zero-order valence-electron chi connectivity index (χ0n) is 14.7. The zero-order chi connectivity index (χ0) is 18.8. The molecule has 0 atom stereocenters. The number of halogens is 1. The molecule has 0 fully saturated rings. The number of rotatable bonds is 4. The fourth-order valence-corrected chi connectivity index (χ4v) is 2.87. The van der Waals surface area contributed by atoms with Gasteiger partial charge in [-0.2, -0.15) is 5.10 Å². The first-order valence-electron chi connectivity index (χ1n) is 8.53. The summed E-state index contributed by atoms with van der Waals surface area (Å²) >= 11 is 0. The minimum atomic E-state index is -0.332. The molecule has 134 valence electrons. The number of hydrogen-bond donors (Lipinski definition) is 1. The fourth-order valence-electron chi connectivity index (χ4n) is 2.87. The van der Waals surface area contributed by atoms with E-state index in [1.807, 2.05) is 42.6 Å². The topological polar surface area (TPSA) is 59.3 Å². The molecule has 0 saturated heterocycles. The van der Waals surface area contributed by atoms with Crippen LogP contribution < -0.4 is 5.32 Å². The molecule has 0 aliphatic rings. The van der Waals surface area contributed by atoms with Gasteiger partial charge in [0.05, 0.1) is 6.42 Å². The molecule has 2 heterocycles. The van der Waals surface area contributed by atoms with Gasteiger partial charge in [-0.25, -0.2) is 13.9 Å². The SMILES string of the molecule is Cc1ccc(NC(=O)Cc2ccc(-c3ccn4ncnc4c3)cc2)cc1F. The summed E-state index contributed by atoms with van der Waals surface area (Å²) in [6.07, 6.45) is 3.60. The van der Waals surface area contributed by atoms with Crippen molar-refractivity contribution in [1.82, 2.24) is 14.6 Å². The third-order valence-electron chi connectivity index (χ3n) is 4.39. The first-order chi connectivity index (χ1) is 13.1. The molecule has 2 aromatic carbocycles. The molecule has 1 N–H and O–H groups in total. The maximum atomic E-state index is 13.6. The highest BCUT2D eigenvalue weighted by atomic mass is 19.1. The number of pyridine rings is 1. The first kappa shape index (κ1) is 16.9. The van der Waals surface area contributed by atoms with E-state index < -0.39 is 0 Å². The van der Waals surface area contributed by atoms with E-state index in [9.17, 15) is 9.18 Å². The molecule has 2 aromatic heterocycles. The van der Waals surface area contributed by atoms with Crippen LogP contribution in [0.2, 0.25) is 0 Å². The summed E-state index contributed by atoms with van der Waals surface area (Å²) in [7, 11) is 0. The minimum absolute atomic E-state index is 0.184. The number of nitrogens with one attached hydrogen (secondary N) is 1. The highest BCUT2D eigenvalue weighted by Gasteiger charge is 2.07. The highest BCUT2D eigenvalue weighted by Crippen LogP contribution is 2.21. The predicted octanol–water partition coefficient (Wildman–Crippen LogP) is 4.03. The van der Waals surface area contributed by atoms with Crippen LogP contribution in [-0.4, -0.2) is 20.5 Å². The van der Waals surface area contributed by atoms with Gasteiger partial charge in [-0.3, -0.25) is 4.79 Å². The van der Waals surface area contributed by atoms with Crippen molar-refractivity contribution in [2.24, 2.45) is 0 Å². The number of nitrogens with zero attached hydrogens (tertiary/aromatic N) is 3. The third-order valence-corrected chi connectivity index (χ3v) is 4.39. The average molecular weight is 360 g/mol. The van der Waals surface area contributed by atoms with Crippen molar-refractivity contribution < 1.29 is 9.18 Å². The fraction of sp³-hybridized carbons (Fsp3) is 0.0952. The summed E-state index contributed by atoms with van der Waals surface area (Å²) in [6, 6.07) is 16.4. The Bertz CT molecular complexity index is 1120. The number of fused-ring (bicyclic) bond motifs is 1. The standard InChI is InChI=1S/C21H17FN4O/c1-14-2-7-18(12-19(14)22)25-21(27)10-15-3-5-16(6-4-15)17-8-9-26-20(11-17)23-13-24-26/h2-9,11-13H,10H2,1H3,(H,25,27). The molecular formula is C21H17FN4O. The third kappa shape index (κ3) is 3.69. The lowest BCUT2D eigenvalue weighted by atomic mass is 10.0.